The zero-order valence-corrected chi connectivity index (χ0v) is 28.4. The van der Waals surface area contributed by atoms with Crippen molar-refractivity contribution >= 4 is 66.7 Å². The number of ether oxygens (including phenoxy) is 1. The van der Waals surface area contributed by atoms with Crippen LogP contribution in [0.15, 0.2) is 104 Å². The van der Waals surface area contributed by atoms with Gasteiger partial charge < -0.3 is 9.84 Å². The zero-order valence-electron chi connectivity index (χ0n) is 25.3. The summed E-state index contributed by atoms with van der Waals surface area (Å²) < 4.78 is 6.23. The molecule has 0 aromatic heterocycles. The number of anilines is 1. The van der Waals surface area contributed by atoms with Crippen LogP contribution in [0, 0.1) is 17.8 Å². The fourth-order valence-electron chi connectivity index (χ4n) is 7.47. The molecule has 0 bridgehead atoms. The number of nitrogens with zero attached hydrogens (tertiary/aromatic N) is 1. The first-order chi connectivity index (χ1) is 22.5. The summed E-state index contributed by atoms with van der Waals surface area (Å²) in [5.74, 6) is -4.10. The topological polar surface area (TPSA) is 118 Å². The summed E-state index contributed by atoms with van der Waals surface area (Å²) in [6.07, 6.45) is 3.67. The number of hydrogen-bond donors (Lipinski definition) is 1. The van der Waals surface area contributed by atoms with E-state index in [-0.39, 0.29) is 53.5 Å². The lowest BCUT2D eigenvalue weighted by molar-refractivity contribution is -0.123. The average Bonchev–Trinajstić information content (AvgIpc) is 3.34. The molecule has 0 radical (unpaired) electrons. The SMILES string of the molecule is COc1cc(C2C3=CCC4C(=O)N(c5ccc(C(=O)c6ccccc6)cc5)C(=O)C4C3CC3=C2C(=O)C(C)=CC3=O)c(Br)c(Br)c1O. The number of ketones is 3. The lowest BCUT2D eigenvalue weighted by Crippen LogP contribution is -2.40. The number of amides is 2. The molecule has 4 unspecified atom stereocenters. The Morgan fingerprint density at radius 1 is 0.915 bits per heavy atom. The number of carbonyl (C=O) groups excluding carboxylic acids is 5. The van der Waals surface area contributed by atoms with Crippen molar-refractivity contribution in [2.45, 2.75) is 25.7 Å². The van der Waals surface area contributed by atoms with Gasteiger partial charge in [-0.05, 0) is 99.5 Å². The van der Waals surface area contributed by atoms with Gasteiger partial charge in [0.25, 0.3) is 0 Å². The number of rotatable bonds is 5. The van der Waals surface area contributed by atoms with Gasteiger partial charge in [-0.15, -0.1) is 0 Å². The second kappa shape index (κ2) is 11.7. The van der Waals surface area contributed by atoms with Crippen LogP contribution in [0.5, 0.6) is 11.5 Å². The van der Waals surface area contributed by atoms with Gasteiger partial charge in [0, 0.05) is 38.2 Å². The maximum absolute atomic E-state index is 14.3. The van der Waals surface area contributed by atoms with Crippen molar-refractivity contribution < 1.29 is 33.8 Å². The molecule has 47 heavy (non-hydrogen) atoms. The number of methoxy groups -OCH3 is 1. The van der Waals surface area contributed by atoms with Crippen molar-refractivity contribution in [1.29, 1.82) is 0 Å². The quantitative estimate of drug-likeness (QED) is 0.132. The molecule has 3 aliphatic carbocycles. The Hall–Kier alpha value is -4.41. The van der Waals surface area contributed by atoms with Crippen LogP contribution in [0.1, 0.15) is 47.2 Å². The molecule has 4 atom stereocenters. The summed E-state index contributed by atoms with van der Waals surface area (Å²) in [7, 11) is 1.42. The van der Waals surface area contributed by atoms with Gasteiger partial charge in [0.2, 0.25) is 11.8 Å². The summed E-state index contributed by atoms with van der Waals surface area (Å²) >= 11 is 7.01. The number of carbonyl (C=O) groups is 5. The minimum Gasteiger partial charge on any atom is -0.503 e. The van der Waals surface area contributed by atoms with Crippen molar-refractivity contribution in [1.82, 2.24) is 0 Å². The Morgan fingerprint density at radius 2 is 1.60 bits per heavy atom. The molecule has 1 aliphatic heterocycles. The van der Waals surface area contributed by atoms with Crippen molar-refractivity contribution in [3.8, 4) is 11.5 Å². The van der Waals surface area contributed by atoms with Crippen molar-refractivity contribution in [2.75, 3.05) is 12.0 Å². The van der Waals surface area contributed by atoms with E-state index in [2.05, 4.69) is 31.9 Å². The second-order valence-electron chi connectivity index (χ2n) is 12.1. The van der Waals surface area contributed by atoms with Gasteiger partial charge in [0.1, 0.15) is 0 Å². The van der Waals surface area contributed by atoms with Crippen LogP contribution in [0.2, 0.25) is 0 Å². The van der Waals surface area contributed by atoms with Crippen LogP contribution in [-0.4, -0.2) is 41.4 Å². The third-order valence-corrected chi connectivity index (χ3v) is 11.9. The van der Waals surface area contributed by atoms with Gasteiger partial charge in [0.15, 0.2) is 28.8 Å². The fourth-order valence-corrected chi connectivity index (χ4v) is 8.42. The zero-order chi connectivity index (χ0) is 33.3. The van der Waals surface area contributed by atoms with E-state index in [4.69, 9.17) is 4.74 Å². The van der Waals surface area contributed by atoms with Gasteiger partial charge in [-0.25, -0.2) is 0 Å². The number of aromatic hydroxyl groups is 1. The first kappa shape index (κ1) is 31.2. The molecule has 236 valence electrons. The lowest BCUT2D eigenvalue weighted by atomic mass is 9.59. The summed E-state index contributed by atoms with van der Waals surface area (Å²) in [6.45, 7) is 1.61. The third kappa shape index (κ3) is 4.80. The first-order valence-electron chi connectivity index (χ1n) is 15.1. The van der Waals surface area contributed by atoms with Gasteiger partial charge in [0.05, 0.1) is 29.1 Å². The highest BCUT2D eigenvalue weighted by atomic mass is 79.9. The van der Waals surface area contributed by atoms with Crippen LogP contribution in [-0.2, 0) is 19.2 Å². The van der Waals surface area contributed by atoms with Crippen LogP contribution < -0.4 is 9.64 Å². The molecule has 3 aromatic rings. The predicted molar refractivity (Wildman–Crippen MR) is 180 cm³/mol. The van der Waals surface area contributed by atoms with E-state index in [1.165, 1.54) is 18.1 Å². The van der Waals surface area contributed by atoms with Crippen molar-refractivity contribution in [2.24, 2.45) is 17.8 Å². The van der Waals surface area contributed by atoms with E-state index in [1.54, 1.807) is 61.5 Å². The van der Waals surface area contributed by atoms with E-state index >= 15 is 0 Å². The molecular formula is C37H27Br2NO7. The molecule has 10 heteroatoms. The Labute approximate surface area is 287 Å². The molecule has 3 aromatic carbocycles. The number of fused-ring (bicyclic) bond motifs is 3. The molecule has 1 heterocycles. The van der Waals surface area contributed by atoms with Gasteiger partial charge in [-0.1, -0.05) is 42.0 Å². The monoisotopic (exact) mass is 755 g/mol. The number of allylic oxidation sites excluding steroid dienone is 6. The highest BCUT2D eigenvalue weighted by molar-refractivity contribution is 9.13. The minimum atomic E-state index is -0.763. The summed E-state index contributed by atoms with van der Waals surface area (Å²) in [6, 6.07) is 16.9. The number of phenolic OH excluding ortho intramolecular Hbond substituents is 1. The molecule has 0 spiro atoms. The molecule has 1 saturated heterocycles. The standard InChI is InChI=1S/C37H27Br2NO7/c1-17-14-26(41)24-15-23-21(28(30(24)33(17)42)25-16-27(47-2)35(44)32(39)31(25)38)12-13-22-29(23)37(46)40(36(22)45)20-10-8-19(9-11-20)34(43)18-6-4-3-5-7-18/h3-12,14,16,22-23,28-29,44H,13,15H2,1-2H3. The van der Waals surface area contributed by atoms with E-state index in [9.17, 15) is 29.1 Å². The van der Waals surface area contributed by atoms with Gasteiger partial charge in [-0.2, -0.15) is 0 Å². The molecule has 1 fully saturated rings. The Balaban J connectivity index is 1.29. The van der Waals surface area contributed by atoms with Crippen LogP contribution in [0.25, 0.3) is 0 Å². The van der Waals surface area contributed by atoms with E-state index in [0.717, 1.165) is 5.57 Å². The van der Waals surface area contributed by atoms with E-state index in [1.807, 2.05) is 12.1 Å². The number of halogens is 2. The van der Waals surface area contributed by atoms with E-state index in [0.29, 0.717) is 48.0 Å². The molecule has 4 aliphatic rings. The number of Topliss-reactive ketones (excluding diaryl/α,β-unsaturated/α-hetero) is 1. The molecule has 7 rings (SSSR count). The largest absolute Gasteiger partial charge is 0.503 e. The predicted octanol–water partition coefficient (Wildman–Crippen LogP) is 6.79. The van der Waals surface area contributed by atoms with E-state index < -0.39 is 23.7 Å². The Kier molecular flexibility index (Phi) is 7.75. The molecular weight excluding hydrogens is 730 g/mol. The first-order valence-corrected chi connectivity index (χ1v) is 16.6. The number of imide groups is 1. The molecule has 0 saturated carbocycles. The molecule has 1 N–H and O–H groups in total. The maximum Gasteiger partial charge on any atom is 0.238 e. The average molecular weight is 757 g/mol. The number of hydrogen-bond acceptors (Lipinski definition) is 7. The second-order valence-corrected chi connectivity index (χ2v) is 13.7. The molecule has 8 nitrogen and oxygen atoms in total. The number of benzene rings is 3. The summed E-state index contributed by atoms with van der Waals surface area (Å²) in [5, 5.41) is 10.7. The van der Waals surface area contributed by atoms with Crippen LogP contribution in [0.4, 0.5) is 5.69 Å². The molecule has 2 amide bonds. The van der Waals surface area contributed by atoms with Crippen LogP contribution >= 0.6 is 31.9 Å². The van der Waals surface area contributed by atoms with Crippen molar-refractivity contribution in [3.05, 3.63) is 121 Å². The van der Waals surface area contributed by atoms with Crippen molar-refractivity contribution in [3.63, 3.8) is 0 Å². The summed E-state index contributed by atoms with van der Waals surface area (Å²) in [4.78, 5) is 69.6. The lowest BCUT2D eigenvalue weighted by Gasteiger charge is -2.42. The number of phenols is 1. The smallest absolute Gasteiger partial charge is 0.238 e. The highest BCUT2D eigenvalue weighted by Crippen LogP contribution is 2.57. The van der Waals surface area contributed by atoms with Crippen LogP contribution in [0.3, 0.4) is 0 Å². The fraction of sp³-hybridized carbons (Fsp3) is 0.216. The summed E-state index contributed by atoms with van der Waals surface area (Å²) in [5.41, 5.74) is 3.66. The Morgan fingerprint density at radius 3 is 2.28 bits per heavy atom. The minimum absolute atomic E-state index is 0.131. The normalized spacial score (nSPS) is 23.6. The highest BCUT2D eigenvalue weighted by Gasteiger charge is 2.57. The third-order valence-electron chi connectivity index (χ3n) is 9.69. The van der Waals surface area contributed by atoms with Gasteiger partial charge in [-0.3, -0.25) is 28.9 Å². The maximum atomic E-state index is 14.3. The Bertz CT molecular complexity index is 2030. The van der Waals surface area contributed by atoms with Gasteiger partial charge >= 0.3 is 0 Å².